The number of aryl methyl sites for hydroxylation is 1. The van der Waals surface area contributed by atoms with Gasteiger partial charge in [-0.15, -0.1) is 10.1 Å². The average Bonchev–Trinajstić information content (AvgIpc) is 3.41. The molecule has 1 saturated heterocycles. The first-order chi connectivity index (χ1) is 19.7. The Morgan fingerprint density at radius 2 is 1.83 bits per heavy atom. The molecule has 41 heavy (non-hydrogen) atoms. The number of benzene rings is 1. The Morgan fingerprint density at radius 1 is 1.17 bits per heavy atom. The monoisotopic (exact) mass is 582 g/mol. The van der Waals surface area contributed by atoms with Crippen molar-refractivity contribution in [2.24, 2.45) is 5.73 Å². The molecule has 1 aliphatic heterocycles. The fourth-order valence-electron chi connectivity index (χ4n) is 4.01. The summed E-state index contributed by atoms with van der Waals surface area (Å²) >= 11 is 0. The molecule has 0 radical (unpaired) electrons. The molecule has 3 N–H and O–H groups in total. The van der Waals surface area contributed by atoms with Crippen LogP contribution in [0.1, 0.15) is 78.2 Å². The molecule has 0 spiro atoms. The predicted molar refractivity (Wildman–Crippen MR) is 156 cm³/mol. The van der Waals surface area contributed by atoms with Crippen molar-refractivity contribution in [1.82, 2.24) is 10.2 Å². The quantitative estimate of drug-likeness (QED) is 0.0914. The van der Waals surface area contributed by atoms with Crippen LogP contribution in [0.5, 0.6) is 0 Å². The predicted octanol–water partition coefficient (Wildman–Crippen LogP) is 3.43. The van der Waals surface area contributed by atoms with Crippen LogP contribution >= 0.6 is 0 Å². The van der Waals surface area contributed by atoms with Crippen LogP contribution in [0, 0.1) is 10.1 Å². The first-order valence-electron chi connectivity index (χ1n) is 14.5. The molecular formula is C29H50N4O8. The summed E-state index contributed by atoms with van der Waals surface area (Å²) in [6.45, 7) is 10.6. The molecule has 0 aromatic heterocycles. The zero-order valence-corrected chi connectivity index (χ0v) is 25.1. The lowest BCUT2D eigenvalue weighted by molar-refractivity contribution is -0.757. The lowest BCUT2D eigenvalue weighted by atomic mass is 10.0. The van der Waals surface area contributed by atoms with Crippen LogP contribution in [0.3, 0.4) is 0 Å². The van der Waals surface area contributed by atoms with Gasteiger partial charge in [0.05, 0.1) is 25.9 Å². The van der Waals surface area contributed by atoms with E-state index in [0.29, 0.717) is 38.8 Å². The van der Waals surface area contributed by atoms with Crippen molar-refractivity contribution in [2.75, 3.05) is 32.9 Å². The van der Waals surface area contributed by atoms with Crippen molar-refractivity contribution < 1.29 is 33.8 Å². The minimum Gasteiger partial charge on any atom is -0.468 e. The third kappa shape index (κ3) is 17.9. The normalized spacial score (nSPS) is 15.2. The molecule has 2 rings (SSSR count). The largest absolute Gasteiger partial charge is 0.468 e. The van der Waals surface area contributed by atoms with Gasteiger partial charge in [0, 0.05) is 12.6 Å². The van der Waals surface area contributed by atoms with Crippen LogP contribution in [0.2, 0.25) is 0 Å². The summed E-state index contributed by atoms with van der Waals surface area (Å²) in [5.41, 5.74) is 6.20. The first-order valence-corrected chi connectivity index (χ1v) is 14.5. The zero-order valence-electron chi connectivity index (χ0n) is 25.1. The molecule has 1 heterocycles. The molecule has 12 heteroatoms. The van der Waals surface area contributed by atoms with Gasteiger partial charge >= 0.3 is 5.97 Å². The molecule has 0 aliphatic carbocycles. The second-order valence-corrected chi connectivity index (χ2v) is 9.50. The Hall–Kier alpha value is -3.25. The van der Waals surface area contributed by atoms with Gasteiger partial charge in [-0.2, -0.15) is 0 Å². The van der Waals surface area contributed by atoms with Gasteiger partial charge in [-0.05, 0) is 77.3 Å². The third-order valence-electron chi connectivity index (χ3n) is 6.29. The van der Waals surface area contributed by atoms with Crippen LogP contribution in [0.15, 0.2) is 30.3 Å². The van der Waals surface area contributed by atoms with Crippen molar-refractivity contribution >= 4 is 18.3 Å². The van der Waals surface area contributed by atoms with Gasteiger partial charge in [0.2, 0.25) is 5.91 Å². The lowest BCUT2D eigenvalue weighted by Crippen LogP contribution is -2.53. The molecule has 1 aromatic rings. The van der Waals surface area contributed by atoms with Gasteiger partial charge in [0.15, 0.2) is 0 Å². The number of ether oxygens (including phenoxy) is 2. The minimum atomic E-state index is -0.847. The summed E-state index contributed by atoms with van der Waals surface area (Å²) in [4.78, 5) is 50.4. The Kier molecular flexibility index (Phi) is 22.6. The number of likely N-dealkylation sites (tertiary alicyclic amines) is 1. The van der Waals surface area contributed by atoms with Crippen molar-refractivity contribution in [3.05, 3.63) is 46.0 Å². The maximum Gasteiger partial charge on any atom is 0.323 e. The number of nitrogens with one attached hydrogen (secondary N) is 1. The second-order valence-electron chi connectivity index (χ2n) is 9.50. The lowest BCUT2D eigenvalue weighted by Gasteiger charge is -2.29. The highest BCUT2D eigenvalue weighted by Crippen LogP contribution is 2.19. The van der Waals surface area contributed by atoms with Gasteiger partial charge in [-0.25, -0.2) is 0 Å². The van der Waals surface area contributed by atoms with E-state index in [4.69, 9.17) is 10.5 Å². The van der Waals surface area contributed by atoms with E-state index >= 15 is 0 Å². The Balaban J connectivity index is 0.000000886. The summed E-state index contributed by atoms with van der Waals surface area (Å²) in [7, 11) is 0. The number of nitrogens with two attached hydrogens (primary N) is 1. The topological polar surface area (TPSA) is 163 Å². The van der Waals surface area contributed by atoms with E-state index in [1.165, 1.54) is 5.56 Å². The Bertz CT molecular complexity index is 841. The third-order valence-corrected chi connectivity index (χ3v) is 6.29. The second kappa shape index (κ2) is 24.5. The zero-order chi connectivity index (χ0) is 30.9. The number of nitrogens with zero attached hydrogens (tertiary/aromatic N) is 2. The van der Waals surface area contributed by atoms with Crippen LogP contribution in [-0.2, 0) is 35.1 Å². The van der Waals surface area contributed by atoms with E-state index in [1.807, 2.05) is 30.0 Å². The molecule has 0 bridgehead atoms. The van der Waals surface area contributed by atoms with Crippen LogP contribution in [0.25, 0.3) is 0 Å². The molecule has 1 aromatic carbocycles. The molecule has 0 saturated carbocycles. The van der Waals surface area contributed by atoms with Gasteiger partial charge in [0.25, 0.3) is 11.6 Å². The molecule has 1 aliphatic rings. The van der Waals surface area contributed by atoms with Crippen molar-refractivity contribution in [1.29, 1.82) is 0 Å². The highest BCUT2D eigenvalue weighted by atomic mass is 16.9. The number of hydrogen-bond acceptors (Lipinski definition) is 10. The van der Waals surface area contributed by atoms with Gasteiger partial charge in [-0.1, -0.05) is 44.2 Å². The smallest absolute Gasteiger partial charge is 0.323 e. The number of carbonyl (C=O) groups excluding carboxylic acids is 3. The van der Waals surface area contributed by atoms with E-state index < -0.39 is 11.1 Å². The first kappa shape index (κ1) is 37.8. The highest BCUT2D eigenvalue weighted by molar-refractivity contribution is 5.84. The molecule has 3 unspecified atom stereocenters. The summed E-state index contributed by atoms with van der Waals surface area (Å²) in [5.74, 6) is -0.171. The Morgan fingerprint density at radius 3 is 2.34 bits per heavy atom. The summed E-state index contributed by atoms with van der Waals surface area (Å²) in [5, 5.41) is 12.0. The summed E-state index contributed by atoms with van der Waals surface area (Å²) in [6, 6.07) is 9.54. The molecule has 234 valence electrons. The van der Waals surface area contributed by atoms with Crippen LogP contribution in [0.4, 0.5) is 0 Å². The minimum absolute atomic E-state index is 0.0508. The maximum absolute atomic E-state index is 12.9. The standard InChI is InChI=1S/C21H32N2O3.C5H9NO5.C3H9N/c1-4-18(20(24)23-15-9-10-16(23)3)22-19(21(25)26-5-2)14-13-17-11-7-6-8-12-17;7-5-10-3-1-2-4-11-6(8)9;1-2-3-4/h6-8,11-12,16,18-19,22H,4-5,9-10,13-15H2,1-3H3;5H,1-4H2;2-4H2,1H3. The number of amides is 1. The number of esters is 1. The average molecular weight is 583 g/mol. The summed E-state index contributed by atoms with van der Waals surface area (Å²) < 4.78 is 9.57. The number of hydrogen-bond donors (Lipinski definition) is 2. The molecule has 1 amide bonds. The highest BCUT2D eigenvalue weighted by Gasteiger charge is 2.32. The molecule has 3 atom stereocenters. The van der Waals surface area contributed by atoms with Crippen molar-refractivity contribution in [2.45, 2.75) is 97.2 Å². The molecular weight excluding hydrogens is 532 g/mol. The summed E-state index contributed by atoms with van der Waals surface area (Å²) in [6.07, 6.45) is 6.32. The Labute approximate surface area is 244 Å². The van der Waals surface area contributed by atoms with Crippen molar-refractivity contribution in [3.63, 3.8) is 0 Å². The maximum atomic E-state index is 12.9. The van der Waals surface area contributed by atoms with Gasteiger partial charge < -0.3 is 24.9 Å². The van der Waals surface area contributed by atoms with E-state index in [2.05, 4.69) is 40.9 Å². The van der Waals surface area contributed by atoms with Crippen LogP contribution in [-0.4, -0.2) is 79.4 Å². The van der Waals surface area contributed by atoms with Crippen LogP contribution < -0.4 is 11.1 Å². The fraction of sp³-hybridized carbons (Fsp3) is 0.690. The van der Waals surface area contributed by atoms with E-state index in [9.17, 15) is 24.5 Å². The van der Waals surface area contributed by atoms with Gasteiger partial charge in [-0.3, -0.25) is 19.7 Å². The van der Waals surface area contributed by atoms with E-state index in [-0.39, 0.29) is 37.2 Å². The molecule has 12 nitrogen and oxygen atoms in total. The fourth-order valence-corrected chi connectivity index (χ4v) is 4.01. The molecule has 1 fully saturated rings. The van der Waals surface area contributed by atoms with E-state index in [0.717, 1.165) is 38.8 Å². The SMILES string of the molecule is CCCN.CCOC(=O)C(CCc1ccccc1)NC(CC)C(=O)N1CCCC1C.O=COCCCCO[N+](=O)[O-]. The number of unbranched alkanes of at least 4 members (excludes halogenated alkanes) is 1. The number of carbonyl (C=O) groups is 3. The number of rotatable bonds is 17. The van der Waals surface area contributed by atoms with Gasteiger partial charge in [0.1, 0.15) is 6.04 Å². The van der Waals surface area contributed by atoms with E-state index in [1.54, 1.807) is 6.92 Å². The van der Waals surface area contributed by atoms with Crippen molar-refractivity contribution in [3.8, 4) is 0 Å².